The lowest BCUT2D eigenvalue weighted by molar-refractivity contribution is 0.0694. The van der Waals surface area contributed by atoms with Gasteiger partial charge in [0.15, 0.2) is 0 Å². The number of carboxylic acids is 1. The maximum absolute atomic E-state index is 11.2. The molecule has 3 nitrogen and oxygen atoms in total. The molecule has 0 aliphatic carbocycles. The molecule has 0 aliphatic heterocycles. The van der Waals surface area contributed by atoms with Gasteiger partial charge in [0.25, 0.3) is 0 Å². The van der Waals surface area contributed by atoms with Gasteiger partial charge in [-0.05, 0) is 42.8 Å². The minimum atomic E-state index is -1.05. The van der Waals surface area contributed by atoms with Gasteiger partial charge in [0.05, 0.1) is 0 Å². The highest BCUT2D eigenvalue weighted by Crippen LogP contribution is 2.31. The molecule has 0 heterocycles. The fraction of sp³-hybridized carbons (Fsp3) is 0.0714. The van der Waals surface area contributed by atoms with E-state index in [2.05, 4.69) is 15.9 Å². The molecule has 0 amide bonds. The van der Waals surface area contributed by atoms with Crippen molar-refractivity contribution in [2.24, 2.45) is 0 Å². The highest BCUT2D eigenvalue weighted by atomic mass is 79.9. The molecule has 0 atom stereocenters. The van der Waals surface area contributed by atoms with E-state index in [4.69, 9.17) is 21.4 Å². The van der Waals surface area contributed by atoms with Crippen LogP contribution in [-0.4, -0.2) is 11.1 Å². The van der Waals surface area contributed by atoms with Gasteiger partial charge in [-0.3, -0.25) is 0 Å². The number of aromatic carboxylic acids is 1. The zero-order valence-corrected chi connectivity index (χ0v) is 12.3. The predicted octanol–water partition coefficient (Wildman–Crippen LogP) is 4.90. The Hall–Kier alpha value is -1.52. The van der Waals surface area contributed by atoms with E-state index in [1.807, 2.05) is 13.0 Å². The van der Waals surface area contributed by atoms with Gasteiger partial charge < -0.3 is 9.84 Å². The van der Waals surface area contributed by atoms with Crippen molar-refractivity contribution in [1.29, 1.82) is 0 Å². The topological polar surface area (TPSA) is 46.5 Å². The summed E-state index contributed by atoms with van der Waals surface area (Å²) >= 11 is 9.14. The first-order valence-electron chi connectivity index (χ1n) is 5.44. The molecule has 0 spiro atoms. The third-order valence-corrected chi connectivity index (χ3v) is 3.27. The van der Waals surface area contributed by atoms with Crippen LogP contribution < -0.4 is 4.74 Å². The fourth-order valence-corrected chi connectivity index (χ4v) is 2.08. The van der Waals surface area contributed by atoms with Gasteiger partial charge in [0, 0.05) is 9.50 Å². The quantitative estimate of drug-likeness (QED) is 0.863. The number of ether oxygens (including phenoxy) is 1. The van der Waals surface area contributed by atoms with E-state index in [9.17, 15) is 4.79 Å². The Labute approximate surface area is 123 Å². The molecule has 2 aromatic carbocycles. The van der Waals surface area contributed by atoms with Crippen LogP contribution in [0.25, 0.3) is 0 Å². The minimum absolute atomic E-state index is 0.0914. The zero-order chi connectivity index (χ0) is 14.0. The molecular weight excluding hydrogens is 332 g/mol. The number of aryl methyl sites for hydroxylation is 1. The highest BCUT2D eigenvalue weighted by Gasteiger charge is 2.13. The average Bonchev–Trinajstić information content (AvgIpc) is 2.35. The molecule has 0 aromatic heterocycles. The molecule has 2 aromatic rings. The first-order valence-corrected chi connectivity index (χ1v) is 6.61. The lowest BCUT2D eigenvalue weighted by atomic mass is 10.2. The maximum Gasteiger partial charge on any atom is 0.339 e. The largest absolute Gasteiger partial charge is 0.478 e. The van der Waals surface area contributed by atoms with Crippen LogP contribution in [0.4, 0.5) is 0 Å². The van der Waals surface area contributed by atoms with Crippen molar-refractivity contribution in [2.75, 3.05) is 0 Å². The van der Waals surface area contributed by atoms with Crippen LogP contribution in [0.2, 0.25) is 5.02 Å². The predicted molar refractivity (Wildman–Crippen MR) is 77.4 cm³/mol. The van der Waals surface area contributed by atoms with Gasteiger partial charge in [-0.25, -0.2) is 4.79 Å². The summed E-state index contributed by atoms with van der Waals surface area (Å²) in [5.41, 5.74) is 0.970. The van der Waals surface area contributed by atoms with Crippen LogP contribution in [0.5, 0.6) is 11.5 Å². The number of rotatable bonds is 3. The van der Waals surface area contributed by atoms with Crippen LogP contribution in [0, 0.1) is 6.92 Å². The summed E-state index contributed by atoms with van der Waals surface area (Å²) in [6, 6.07) is 10.1. The summed E-state index contributed by atoms with van der Waals surface area (Å²) in [4.78, 5) is 11.2. The summed E-state index contributed by atoms with van der Waals surface area (Å²) in [5.74, 6) is -0.227. The SMILES string of the molecule is Cc1ccc(Cl)cc1Oc1ccc(Br)cc1C(=O)O. The number of carboxylic acid groups (broad SMARTS) is 1. The second-order valence-corrected chi connectivity index (χ2v) is 5.31. The number of halogens is 2. The lowest BCUT2D eigenvalue weighted by Crippen LogP contribution is -2.00. The second-order valence-electron chi connectivity index (χ2n) is 3.96. The number of benzene rings is 2. The Morgan fingerprint density at radius 1 is 1.21 bits per heavy atom. The molecule has 5 heteroatoms. The molecular formula is C14H10BrClO3. The molecule has 2 rings (SSSR count). The van der Waals surface area contributed by atoms with E-state index >= 15 is 0 Å². The lowest BCUT2D eigenvalue weighted by Gasteiger charge is -2.11. The normalized spacial score (nSPS) is 10.3. The third-order valence-electron chi connectivity index (χ3n) is 2.54. The van der Waals surface area contributed by atoms with Crippen molar-refractivity contribution in [3.05, 3.63) is 57.0 Å². The molecule has 0 bridgehead atoms. The van der Waals surface area contributed by atoms with Crippen molar-refractivity contribution in [2.45, 2.75) is 6.92 Å². The van der Waals surface area contributed by atoms with Crippen molar-refractivity contribution < 1.29 is 14.6 Å². The van der Waals surface area contributed by atoms with Gasteiger partial charge >= 0.3 is 5.97 Å². The van der Waals surface area contributed by atoms with Crippen molar-refractivity contribution in [3.63, 3.8) is 0 Å². The van der Waals surface area contributed by atoms with E-state index in [1.165, 1.54) is 6.07 Å². The molecule has 0 radical (unpaired) electrons. The van der Waals surface area contributed by atoms with E-state index < -0.39 is 5.97 Å². The Morgan fingerprint density at radius 2 is 1.95 bits per heavy atom. The smallest absolute Gasteiger partial charge is 0.339 e. The molecule has 0 saturated carbocycles. The Balaban J connectivity index is 2.43. The van der Waals surface area contributed by atoms with Crippen molar-refractivity contribution >= 4 is 33.5 Å². The van der Waals surface area contributed by atoms with E-state index in [-0.39, 0.29) is 11.3 Å². The molecule has 19 heavy (non-hydrogen) atoms. The van der Waals surface area contributed by atoms with Gasteiger partial charge in [-0.2, -0.15) is 0 Å². The number of carbonyl (C=O) groups is 1. The van der Waals surface area contributed by atoms with Gasteiger partial charge in [-0.1, -0.05) is 33.6 Å². The minimum Gasteiger partial charge on any atom is -0.478 e. The van der Waals surface area contributed by atoms with Crippen LogP contribution in [0.1, 0.15) is 15.9 Å². The van der Waals surface area contributed by atoms with Gasteiger partial charge in [0.2, 0.25) is 0 Å². The number of hydrogen-bond donors (Lipinski definition) is 1. The van der Waals surface area contributed by atoms with Gasteiger partial charge in [-0.15, -0.1) is 0 Å². The molecule has 0 saturated heterocycles. The Kier molecular flexibility index (Phi) is 4.12. The summed E-state index contributed by atoms with van der Waals surface area (Å²) in [6.45, 7) is 1.87. The van der Waals surface area contributed by atoms with Crippen molar-refractivity contribution in [3.8, 4) is 11.5 Å². The Morgan fingerprint density at radius 3 is 2.63 bits per heavy atom. The summed E-state index contributed by atoms with van der Waals surface area (Å²) in [7, 11) is 0. The standard InChI is InChI=1S/C14H10BrClO3/c1-8-2-4-10(16)7-13(8)19-12-5-3-9(15)6-11(12)14(17)18/h2-7H,1H3,(H,17,18). The first kappa shape index (κ1) is 13.9. The van der Waals surface area contributed by atoms with E-state index in [0.717, 1.165) is 5.56 Å². The molecule has 98 valence electrons. The summed E-state index contributed by atoms with van der Waals surface area (Å²) in [6.07, 6.45) is 0. The average molecular weight is 342 g/mol. The monoisotopic (exact) mass is 340 g/mol. The number of hydrogen-bond acceptors (Lipinski definition) is 2. The maximum atomic E-state index is 11.2. The Bertz CT molecular complexity index is 641. The molecule has 0 unspecified atom stereocenters. The van der Waals surface area contributed by atoms with Gasteiger partial charge in [0.1, 0.15) is 17.1 Å². The molecule has 1 N–H and O–H groups in total. The molecule has 0 aliphatic rings. The van der Waals surface area contributed by atoms with Crippen LogP contribution in [-0.2, 0) is 0 Å². The van der Waals surface area contributed by atoms with Crippen molar-refractivity contribution in [1.82, 2.24) is 0 Å². The zero-order valence-electron chi connectivity index (χ0n) is 9.98. The van der Waals surface area contributed by atoms with E-state index in [1.54, 1.807) is 24.3 Å². The first-order chi connectivity index (χ1) is 8.97. The highest BCUT2D eigenvalue weighted by molar-refractivity contribution is 9.10. The third kappa shape index (κ3) is 3.28. The second kappa shape index (κ2) is 5.63. The fourth-order valence-electron chi connectivity index (χ4n) is 1.56. The molecule has 0 fully saturated rings. The van der Waals surface area contributed by atoms with E-state index in [0.29, 0.717) is 15.2 Å². The van der Waals surface area contributed by atoms with Crippen LogP contribution >= 0.6 is 27.5 Å². The van der Waals surface area contributed by atoms with Crippen LogP contribution in [0.3, 0.4) is 0 Å². The summed E-state index contributed by atoms with van der Waals surface area (Å²) in [5, 5.41) is 9.70. The van der Waals surface area contributed by atoms with Crippen LogP contribution in [0.15, 0.2) is 40.9 Å². The summed E-state index contributed by atoms with van der Waals surface area (Å²) < 4.78 is 6.33.